The second kappa shape index (κ2) is 4.71. The summed E-state index contributed by atoms with van der Waals surface area (Å²) in [5.41, 5.74) is 1.31. The van der Waals surface area contributed by atoms with Crippen molar-refractivity contribution in [1.82, 2.24) is 8.87 Å². The van der Waals surface area contributed by atoms with Crippen LogP contribution in [0.4, 0.5) is 4.39 Å². The van der Waals surface area contributed by atoms with Crippen molar-refractivity contribution in [1.29, 1.82) is 0 Å². The Bertz CT molecular complexity index is 752. The maximum absolute atomic E-state index is 13.3. The van der Waals surface area contributed by atoms with E-state index in [0.717, 1.165) is 5.69 Å². The van der Waals surface area contributed by atoms with Gasteiger partial charge in [-0.1, -0.05) is 0 Å². The lowest BCUT2D eigenvalue weighted by Crippen LogP contribution is -2.37. The molecule has 4 nitrogen and oxygen atoms in total. The first-order valence-electron chi connectivity index (χ1n) is 6.39. The summed E-state index contributed by atoms with van der Waals surface area (Å²) < 4.78 is 41.9. The molecule has 106 valence electrons. The van der Waals surface area contributed by atoms with Gasteiger partial charge in [-0.3, -0.25) is 0 Å². The lowest BCUT2D eigenvalue weighted by Gasteiger charge is -2.28. The number of hydrogen-bond acceptors (Lipinski definition) is 2. The molecule has 0 saturated carbocycles. The van der Waals surface area contributed by atoms with Crippen LogP contribution in [-0.4, -0.2) is 23.8 Å². The lowest BCUT2D eigenvalue weighted by atomic mass is 10.2. The van der Waals surface area contributed by atoms with Gasteiger partial charge in [0.05, 0.1) is 11.4 Å². The Labute approximate surface area is 117 Å². The van der Waals surface area contributed by atoms with Crippen LogP contribution in [-0.2, 0) is 23.1 Å². The zero-order valence-electron chi connectivity index (χ0n) is 11.1. The number of hydrogen-bond donors (Lipinski definition) is 0. The van der Waals surface area contributed by atoms with Crippen molar-refractivity contribution >= 4 is 10.0 Å². The van der Waals surface area contributed by atoms with E-state index in [9.17, 15) is 12.8 Å². The molecule has 1 aromatic carbocycles. The Morgan fingerprint density at radius 3 is 2.75 bits per heavy atom. The van der Waals surface area contributed by atoms with Crippen LogP contribution in [0, 0.1) is 12.7 Å². The van der Waals surface area contributed by atoms with Crippen LogP contribution in [0.2, 0.25) is 0 Å². The van der Waals surface area contributed by atoms with Gasteiger partial charge in [0, 0.05) is 25.0 Å². The number of rotatable bonds is 2. The minimum atomic E-state index is -3.57. The zero-order valence-corrected chi connectivity index (χ0v) is 11.9. The van der Waals surface area contributed by atoms with Gasteiger partial charge in [0.1, 0.15) is 5.82 Å². The number of benzene rings is 1. The number of fused-ring (bicyclic) bond motifs is 1. The van der Waals surface area contributed by atoms with E-state index in [1.165, 1.54) is 22.5 Å². The van der Waals surface area contributed by atoms with Crippen molar-refractivity contribution in [3.05, 3.63) is 53.6 Å². The van der Waals surface area contributed by atoms with Gasteiger partial charge in [-0.25, -0.2) is 12.8 Å². The Hall–Kier alpha value is -1.66. The Balaban J connectivity index is 1.95. The standard InChI is InChI=1S/C14H15FN2O2S/c1-11-9-13(4-5-14(11)15)20(18,19)17-8-7-16-6-2-3-12(16)10-17/h2-6,9H,7-8,10H2,1H3. The van der Waals surface area contributed by atoms with E-state index in [1.807, 2.05) is 22.9 Å². The quantitative estimate of drug-likeness (QED) is 0.851. The number of halogens is 1. The fourth-order valence-corrected chi connectivity index (χ4v) is 3.91. The third-order valence-corrected chi connectivity index (χ3v) is 5.46. The molecule has 20 heavy (non-hydrogen) atoms. The Kier molecular flexibility index (Phi) is 3.14. The van der Waals surface area contributed by atoms with Crippen LogP contribution in [0.25, 0.3) is 0 Å². The first-order chi connectivity index (χ1) is 9.48. The van der Waals surface area contributed by atoms with E-state index >= 15 is 0 Å². The fraction of sp³-hybridized carbons (Fsp3) is 0.286. The first-order valence-corrected chi connectivity index (χ1v) is 7.83. The molecular weight excluding hydrogens is 279 g/mol. The molecule has 2 heterocycles. The molecule has 0 radical (unpaired) electrons. The van der Waals surface area contributed by atoms with Crippen LogP contribution in [0.15, 0.2) is 41.4 Å². The summed E-state index contributed by atoms with van der Waals surface area (Å²) in [7, 11) is -3.57. The van der Waals surface area contributed by atoms with Crippen molar-refractivity contribution in [2.45, 2.75) is 24.9 Å². The topological polar surface area (TPSA) is 42.3 Å². The average molecular weight is 294 g/mol. The fourth-order valence-electron chi connectivity index (χ4n) is 2.42. The highest BCUT2D eigenvalue weighted by atomic mass is 32.2. The molecule has 0 N–H and O–H groups in total. The molecule has 0 aliphatic carbocycles. The van der Waals surface area contributed by atoms with E-state index in [2.05, 4.69) is 0 Å². The zero-order chi connectivity index (χ0) is 14.3. The van der Waals surface area contributed by atoms with Crippen LogP contribution in [0.3, 0.4) is 0 Å². The number of sulfonamides is 1. The number of nitrogens with zero attached hydrogens (tertiary/aromatic N) is 2. The Morgan fingerprint density at radius 2 is 2.00 bits per heavy atom. The molecule has 0 amide bonds. The highest BCUT2D eigenvalue weighted by molar-refractivity contribution is 7.89. The third kappa shape index (κ3) is 2.14. The molecule has 0 unspecified atom stereocenters. The molecule has 0 fully saturated rings. The molecule has 1 aliphatic heterocycles. The smallest absolute Gasteiger partial charge is 0.243 e. The molecule has 0 bridgehead atoms. The maximum Gasteiger partial charge on any atom is 0.243 e. The monoisotopic (exact) mass is 294 g/mol. The van der Waals surface area contributed by atoms with Crippen molar-refractivity contribution in [3.63, 3.8) is 0 Å². The first kappa shape index (κ1) is 13.3. The van der Waals surface area contributed by atoms with Gasteiger partial charge < -0.3 is 4.57 Å². The van der Waals surface area contributed by atoms with Crippen LogP contribution >= 0.6 is 0 Å². The number of aromatic nitrogens is 1. The minimum absolute atomic E-state index is 0.149. The Morgan fingerprint density at radius 1 is 1.20 bits per heavy atom. The molecular formula is C14H15FN2O2S. The molecule has 1 aliphatic rings. The van der Waals surface area contributed by atoms with Crippen molar-refractivity contribution < 1.29 is 12.8 Å². The molecule has 6 heteroatoms. The second-order valence-electron chi connectivity index (χ2n) is 4.94. The summed E-state index contributed by atoms with van der Waals surface area (Å²) in [6.07, 6.45) is 1.95. The number of aryl methyl sites for hydroxylation is 1. The lowest BCUT2D eigenvalue weighted by molar-refractivity contribution is 0.341. The van der Waals surface area contributed by atoms with E-state index in [4.69, 9.17) is 0 Å². The van der Waals surface area contributed by atoms with E-state index in [-0.39, 0.29) is 4.90 Å². The summed E-state index contributed by atoms with van der Waals surface area (Å²) in [4.78, 5) is 0.149. The second-order valence-corrected chi connectivity index (χ2v) is 6.88. The summed E-state index contributed by atoms with van der Waals surface area (Å²) in [5, 5.41) is 0. The highest BCUT2D eigenvalue weighted by Gasteiger charge is 2.28. The van der Waals surface area contributed by atoms with Crippen LogP contribution in [0.1, 0.15) is 11.3 Å². The predicted molar refractivity (Wildman–Crippen MR) is 73.2 cm³/mol. The van der Waals surface area contributed by atoms with E-state index in [1.54, 1.807) is 6.92 Å². The van der Waals surface area contributed by atoms with Gasteiger partial charge in [-0.15, -0.1) is 0 Å². The van der Waals surface area contributed by atoms with Crippen molar-refractivity contribution in [3.8, 4) is 0 Å². The van der Waals surface area contributed by atoms with Crippen LogP contribution in [0.5, 0.6) is 0 Å². The van der Waals surface area contributed by atoms with Gasteiger partial charge in [0.2, 0.25) is 10.0 Å². The molecule has 0 atom stereocenters. The maximum atomic E-state index is 13.3. The SMILES string of the molecule is Cc1cc(S(=O)(=O)N2CCn3cccc3C2)ccc1F. The third-order valence-electron chi connectivity index (χ3n) is 3.62. The summed E-state index contributed by atoms with van der Waals surface area (Å²) >= 11 is 0. The molecule has 3 rings (SSSR count). The molecule has 0 spiro atoms. The van der Waals surface area contributed by atoms with Crippen molar-refractivity contribution in [2.24, 2.45) is 0 Å². The van der Waals surface area contributed by atoms with Gasteiger partial charge in [0.25, 0.3) is 0 Å². The van der Waals surface area contributed by atoms with E-state index < -0.39 is 15.8 Å². The summed E-state index contributed by atoms with van der Waals surface area (Å²) in [6.45, 7) is 2.99. The largest absolute Gasteiger partial charge is 0.349 e. The van der Waals surface area contributed by atoms with Gasteiger partial charge in [0.15, 0.2) is 0 Å². The van der Waals surface area contributed by atoms with Gasteiger partial charge >= 0.3 is 0 Å². The highest BCUT2D eigenvalue weighted by Crippen LogP contribution is 2.23. The molecule has 1 aromatic heterocycles. The van der Waals surface area contributed by atoms with Gasteiger partial charge in [-0.05, 0) is 42.8 Å². The van der Waals surface area contributed by atoms with Crippen molar-refractivity contribution in [2.75, 3.05) is 6.54 Å². The summed E-state index contributed by atoms with van der Waals surface area (Å²) in [5.74, 6) is -0.392. The summed E-state index contributed by atoms with van der Waals surface area (Å²) in [6, 6.07) is 7.74. The van der Waals surface area contributed by atoms with E-state index in [0.29, 0.717) is 25.2 Å². The van der Waals surface area contributed by atoms with Gasteiger partial charge in [-0.2, -0.15) is 4.31 Å². The molecule has 0 saturated heterocycles. The normalized spacial score (nSPS) is 16.1. The van der Waals surface area contributed by atoms with Crippen LogP contribution < -0.4 is 0 Å². The predicted octanol–water partition coefficient (Wildman–Crippen LogP) is 2.14. The minimum Gasteiger partial charge on any atom is -0.349 e. The average Bonchev–Trinajstić information content (AvgIpc) is 2.89. The molecule has 2 aromatic rings.